The van der Waals surface area contributed by atoms with Crippen molar-refractivity contribution in [1.29, 1.82) is 0 Å². The zero-order chi connectivity index (χ0) is 18.7. The summed E-state index contributed by atoms with van der Waals surface area (Å²) in [5.74, 6) is -0.345. The summed E-state index contributed by atoms with van der Waals surface area (Å²) >= 11 is 5.83. The lowest BCUT2D eigenvalue weighted by molar-refractivity contribution is 0.0950. The van der Waals surface area contributed by atoms with Gasteiger partial charge in [0.25, 0.3) is 5.91 Å². The highest BCUT2D eigenvalue weighted by Gasteiger charge is 2.22. The number of carbonyl (C=O) groups is 1. The summed E-state index contributed by atoms with van der Waals surface area (Å²) in [5.41, 5.74) is 0.577. The lowest BCUT2D eigenvalue weighted by atomic mass is 10.1. The van der Waals surface area contributed by atoms with Crippen LogP contribution in [0.25, 0.3) is 0 Å². The van der Waals surface area contributed by atoms with Crippen molar-refractivity contribution < 1.29 is 13.2 Å². The molecule has 0 saturated heterocycles. The predicted molar refractivity (Wildman–Crippen MR) is 99.1 cm³/mol. The maximum absolute atomic E-state index is 12.4. The molecule has 25 heavy (non-hydrogen) atoms. The number of amides is 1. The quantitative estimate of drug-likeness (QED) is 0.835. The Bertz CT molecular complexity index is 857. The Morgan fingerprint density at radius 3 is 2.32 bits per heavy atom. The highest BCUT2D eigenvalue weighted by Crippen LogP contribution is 2.15. The van der Waals surface area contributed by atoms with Gasteiger partial charge in [0.1, 0.15) is 0 Å². The summed E-state index contributed by atoms with van der Waals surface area (Å²) in [4.78, 5) is 12.4. The zero-order valence-corrected chi connectivity index (χ0v) is 15.9. The largest absolute Gasteiger partial charge is 0.348 e. The van der Waals surface area contributed by atoms with Crippen LogP contribution >= 0.6 is 11.6 Å². The molecule has 2 rings (SSSR count). The summed E-state index contributed by atoms with van der Waals surface area (Å²) in [5, 5.41) is 3.39. The van der Waals surface area contributed by atoms with Crippen LogP contribution in [0, 0.1) is 0 Å². The van der Waals surface area contributed by atoms with Crippen LogP contribution in [0.5, 0.6) is 0 Å². The Balaban J connectivity index is 2.12. The van der Waals surface area contributed by atoms with Crippen molar-refractivity contribution in [3.63, 3.8) is 0 Å². The molecule has 0 spiro atoms. The van der Waals surface area contributed by atoms with Crippen molar-refractivity contribution in [3.05, 3.63) is 64.7 Å². The summed E-state index contributed by atoms with van der Waals surface area (Å²) < 4.78 is 27.3. The molecule has 0 aromatic heterocycles. The fourth-order valence-electron chi connectivity index (χ4n) is 2.15. The Morgan fingerprint density at radius 1 is 1.08 bits per heavy atom. The maximum Gasteiger partial charge on any atom is 0.251 e. The van der Waals surface area contributed by atoms with Crippen LogP contribution in [0.2, 0.25) is 5.02 Å². The Kier molecular flexibility index (Phi) is 5.87. The number of hydrogen-bond donors (Lipinski definition) is 2. The van der Waals surface area contributed by atoms with Gasteiger partial charge in [-0.25, -0.2) is 13.1 Å². The number of sulfonamides is 1. The highest BCUT2D eigenvalue weighted by molar-refractivity contribution is 7.89. The third-order valence-electron chi connectivity index (χ3n) is 3.21. The minimum Gasteiger partial charge on any atom is -0.348 e. The first-order chi connectivity index (χ1) is 11.6. The second-order valence-corrected chi connectivity index (χ2v) is 8.81. The molecule has 0 bridgehead atoms. The average Bonchev–Trinajstić information content (AvgIpc) is 2.52. The minimum absolute atomic E-state index is 0.0570. The van der Waals surface area contributed by atoms with Crippen LogP contribution in [-0.4, -0.2) is 19.9 Å². The van der Waals surface area contributed by atoms with Crippen LogP contribution in [-0.2, 0) is 16.6 Å². The second kappa shape index (κ2) is 7.56. The first-order valence-corrected chi connectivity index (χ1v) is 9.60. The van der Waals surface area contributed by atoms with E-state index in [4.69, 9.17) is 11.6 Å². The van der Waals surface area contributed by atoms with Gasteiger partial charge in [-0.3, -0.25) is 4.79 Å². The number of benzene rings is 2. The van der Waals surface area contributed by atoms with Crippen LogP contribution in [0.1, 0.15) is 36.7 Å². The van der Waals surface area contributed by atoms with E-state index in [0.29, 0.717) is 11.6 Å². The van der Waals surface area contributed by atoms with E-state index >= 15 is 0 Å². The first-order valence-electron chi connectivity index (χ1n) is 7.73. The smallest absolute Gasteiger partial charge is 0.251 e. The molecule has 0 heterocycles. The fraction of sp³-hybridized carbons (Fsp3) is 0.278. The molecule has 0 aliphatic carbocycles. The van der Waals surface area contributed by atoms with E-state index in [2.05, 4.69) is 10.0 Å². The van der Waals surface area contributed by atoms with Gasteiger partial charge in [-0.2, -0.15) is 0 Å². The number of nitrogens with one attached hydrogen (secondary N) is 2. The van der Waals surface area contributed by atoms with Crippen molar-refractivity contribution in [1.82, 2.24) is 10.0 Å². The number of carbonyl (C=O) groups excluding carboxylic acids is 1. The molecule has 0 aliphatic rings. The van der Waals surface area contributed by atoms with E-state index in [-0.39, 0.29) is 16.4 Å². The Morgan fingerprint density at radius 2 is 1.72 bits per heavy atom. The molecule has 1 amide bonds. The maximum atomic E-state index is 12.4. The van der Waals surface area contributed by atoms with Crippen LogP contribution in [0.3, 0.4) is 0 Å². The second-order valence-electron chi connectivity index (χ2n) is 6.69. The molecule has 0 atom stereocenters. The summed E-state index contributed by atoms with van der Waals surface area (Å²) in [6, 6.07) is 13.1. The topological polar surface area (TPSA) is 75.3 Å². The molecule has 7 heteroatoms. The monoisotopic (exact) mass is 380 g/mol. The van der Waals surface area contributed by atoms with Crippen molar-refractivity contribution in [3.8, 4) is 0 Å². The molecule has 134 valence electrons. The molecule has 2 aromatic rings. The SMILES string of the molecule is CC(C)(C)NS(=O)(=O)c1cccc(C(=O)NCc2ccc(Cl)cc2)c1. The van der Waals surface area contributed by atoms with Crippen molar-refractivity contribution >= 4 is 27.5 Å². The van der Waals surface area contributed by atoms with E-state index in [0.717, 1.165) is 5.56 Å². The lowest BCUT2D eigenvalue weighted by Gasteiger charge is -2.20. The van der Waals surface area contributed by atoms with Crippen LogP contribution in [0.4, 0.5) is 0 Å². The molecule has 2 aromatic carbocycles. The van der Waals surface area contributed by atoms with E-state index in [1.807, 2.05) is 12.1 Å². The van der Waals surface area contributed by atoms with Crippen LogP contribution < -0.4 is 10.0 Å². The normalized spacial score (nSPS) is 12.0. The molecule has 0 saturated carbocycles. The number of halogens is 1. The summed E-state index contributed by atoms with van der Waals surface area (Å²) in [6.45, 7) is 5.60. The van der Waals surface area contributed by atoms with Gasteiger partial charge in [0.15, 0.2) is 0 Å². The number of rotatable bonds is 5. The van der Waals surface area contributed by atoms with E-state index < -0.39 is 15.6 Å². The van der Waals surface area contributed by atoms with Gasteiger partial charge in [0, 0.05) is 22.7 Å². The van der Waals surface area contributed by atoms with Gasteiger partial charge >= 0.3 is 0 Å². The van der Waals surface area contributed by atoms with E-state index in [1.54, 1.807) is 45.0 Å². The molecule has 0 unspecified atom stereocenters. The third kappa shape index (κ3) is 5.85. The Labute approximate surface area is 153 Å². The predicted octanol–water partition coefficient (Wildman–Crippen LogP) is 3.35. The van der Waals surface area contributed by atoms with Crippen LogP contribution in [0.15, 0.2) is 53.4 Å². The molecule has 0 fully saturated rings. The van der Waals surface area contributed by atoms with Crippen molar-refractivity contribution in [2.45, 2.75) is 37.8 Å². The van der Waals surface area contributed by atoms with Gasteiger partial charge in [0.2, 0.25) is 10.0 Å². The highest BCUT2D eigenvalue weighted by atomic mass is 35.5. The van der Waals surface area contributed by atoms with Crippen molar-refractivity contribution in [2.24, 2.45) is 0 Å². The summed E-state index contributed by atoms with van der Waals surface area (Å²) in [6.07, 6.45) is 0. The third-order valence-corrected chi connectivity index (χ3v) is 5.22. The standard InChI is InChI=1S/C18H21ClN2O3S/c1-18(2,3)21-25(23,24)16-6-4-5-14(11-16)17(22)20-12-13-7-9-15(19)10-8-13/h4-11,21H,12H2,1-3H3,(H,20,22). The molecule has 0 radical (unpaired) electrons. The number of hydrogen-bond acceptors (Lipinski definition) is 3. The average molecular weight is 381 g/mol. The molecule has 5 nitrogen and oxygen atoms in total. The Hall–Kier alpha value is -1.89. The fourth-order valence-corrected chi connectivity index (χ4v) is 3.74. The molecular weight excluding hydrogens is 360 g/mol. The van der Waals surface area contributed by atoms with Gasteiger partial charge < -0.3 is 5.32 Å². The molecular formula is C18H21ClN2O3S. The van der Waals surface area contributed by atoms with E-state index in [1.165, 1.54) is 12.1 Å². The lowest BCUT2D eigenvalue weighted by Crippen LogP contribution is -2.40. The zero-order valence-electron chi connectivity index (χ0n) is 14.3. The van der Waals surface area contributed by atoms with Gasteiger partial charge in [-0.05, 0) is 56.7 Å². The molecule has 2 N–H and O–H groups in total. The van der Waals surface area contributed by atoms with Crippen molar-refractivity contribution in [2.75, 3.05) is 0 Å². The minimum atomic E-state index is -3.69. The van der Waals surface area contributed by atoms with Gasteiger partial charge in [-0.15, -0.1) is 0 Å². The van der Waals surface area contributed by atoms with E-state index in [9.17, 15) is 13.2 Å². The van der Waals surface area contributed by atoms with Gasteiger partial charge in [0.05, 0.1) is 4.90 Å². The van der Waals surface area contributed by atoms with Gasteiger partial charge in [-0.1, -0.05) is 29.8 Å². The molecule has 0 aliphatic heterocycles. The summed E-state index contributed by atoms with van der Waals surface area (Å²) in [7, 11) is -3.69. The first kappa shape index (κ1) is 19.4.